The lowest BCUT2D eigenvalue weighted by Gasteiger charge is -2.19. The van der Waals surface area contributed by atoms with Gasteiger partial charge in [0.15, 0.2) is 6.10 Å². The molecule has 1 fully saturated rings. The summed E-state index contributed by atoms with van der Waals surface area (Å²) in [5.74, 6) is -0.863. The molecule has 0 aliphatic heterocycles. The number of aliphatic hydroxyl groups is 2. The number of carbonyl (C=O) groups is 3. The quantitative estimate of drug-likeness (QED) is 0.0270. The average molecular weight is 705 g/mol. The molecule has 0 amide bonds. The molecule has 0 heterocycles. The summed E-state index contributed by atoms with van der Waals surface area (Å²) in [4.78, 5) is 55.3. The molecule has 0 bridgehead atoms. The van der Waals surface area contributed by atoms with E-state index in [0.29, 0.717) is 32.1 Å². The van der Waals surface area contributed by atoms with E-state index in [9.17, 15) is 29.2 Å². The maximum atomic E-state index is 12.5. The molecule has 0 aromatic heterocycles. The van der Waals surface area contributed by atoms with E-state index >= 15 is 0 Å². The van der Waals surface area contributed by atoms with E-state index in [0.717, 1.165) is 57.3 Å². The van der Waals surface area contributed by atoms with Crippen LogP contribution in [0, 0.1) is 17.8 Å². The molecule has 0 unspecified atom stereocenters. The average Bonchev–Trinajstić information content (AvgIpc) is 3.28. The SMILES string of the molecule is CCCCC[C@H](O)/C=C/[C@H]1[C@H](O)CC(=O)[C@@H]1CCCCCCC(=O)O[C@H](COC(=O)CCCCCCCCCC(C)C)COP(=O)(O)O. The van der Waals surface area contributed by atoms with Crippen LogP contribution < -0.4 is 0 Å². The molecule has 12 heteroatoms. The Morgan fingerprint density at radius 3 is 2.06 bits per heavy atom. The van der Waals surface area contributed by atoms with E-state index in [-0.39, 0.29) is 43.5 Å². The number of hydrogen-bond donors (Lipinski definition) is 4. The summed E-state index contributed by atoms with van der Waals surface area (Å²) in [6.45, 7) is 5.61. The number of ether oxygens (including phenoxy) is 2. The first-order valence-electron chi connectivity index (χ1n) is 18.4. The van der Waals surface area contributed by atoms with Crippen molar-refractivity contribution >= 4 is 25.5 Å². The number of aliphatic hydroxyl groups excluding tert-OH is 2. The monoisotopic (exact) mass is 704 g/mol. The van der Waals surface area contributed by atoms with Crippen molar-refractivity contribution in [2.75, 3.05) is 13.2 Å². The van der Waals surface area contributed by atoms with Crippen LogP contribution in [0.25, 0.3) is 0 Å². The van der Waals surface area contributed by atoms with Crippen molar-refractivity contribution in [2.45, 2.75) is 167 Å². The molecule has 0 spiro atoms. The minimum Gasteiger partial charge on any atom is -0.462 e. The van der Waals surface area contributed by atoms with Crippen LogP contribution in [0.1, 0.15) is 149 Å². The largest absolute Gasteiger partial charge is 0.469 e. The second-order valence-electron chi connectivity index (χ2n) is 13.8. The maximum Gasteiger partial charge on any atom is 0.469 e. The molecule has 48 heavy (non-hydrogen) atoms. The van der Waals surface area contributed by atoms with Crippen LogP contribution in [-0.2, 0) is 32.9 Å². The number of rotatable bonds is 29. The van der Waals surface area contributed by atoms with Crippen LogP contribution >= 0.6 is 7.82 Å². The zero-order valence-electron chi connectivity index (χ0n) is 29.8. The predicted octanol–water partition coefficient (Wildman–Crippen LogP) is 7.12. The highest BCUT2D eigenvalue weighted by molar-refractivity contribution is 7.46. The lowest BCUT2D eigenvalue weighted by Crippen LogP contribution is -2.29. The van der Waals surface area contributed by atoms with E-state index in [1.54, 1.807) is 12.2 Å². The van der Waals surface area contributed by atoms with Crippen LogP contribution in [0.3, 0.4) is 0 Å². The summed E-state index contributed by atoms with van der Waals surface area (Å²) in [5, 5.41) is 20.6. The predicted molar refractivity (Wildman–Crippen MR) is 185 cm³/mol. The van der Waals surface area contributed by atoms with Gasteiger partial charge in [-0.15, -0.1) is 0 Å². The van der Waals surface area contributed by atoms with Crippen molar-refractivity contribution < 1.29 is 52.9 Å². The normalized spacial score (nSPS) is 19.7. The van der Waals surface area contributed by atoms with E-state index in [1.165, 1.54) is 25.7 Å². The van der Waals surface area contributed by atoms with Crippen molar-refractivity contribution in [1.82, 2.24) is 0 Å². The highest BCUT2D eigenvalue weighted by atomic mass is 31.2. The Morgan fingerprint density at radius 1 is 0.854 bits per heavy atom. The van der Waals surface area contributed by atoms with Gasteiger partial charge in [0.1, 0.15) is 12.4 Å². The van der Waals surface area contributed by atoms with Gasteiger partial charge in [0.25, 0.3) is 0 Å². The number of phosphoric ester groups is 1. The third-order valence-corrected chi connectivity index (χ3v) is 9.34. The summed E-state index contributed by atoms with van der Waals surface area (Å²) in [5.41, 5.74) is 0. The number of carbonyl (C=O) groups excluding carboxylic acids is 3. The standard InChI is InChI=1S/C36H65O11P/c1-4-5-13-19-29(37)23-24-32-31(33(38)25-34(32)39)20-15-11-12-17-22-36(41)47-30(27-46-48(42,43)44)26-45-35(40)21-16-10-8-6-7-9-14-18-28(2)3/h23-24,28-32,34,37,39H,4-22,25-27H2,1-3H3,(H2,42,43,44)/b24-23+/t29-,30+,31+,32+,34+/m0/s1. The zero-order valence-corrected chi connectivity index (χ0v) is 30.7. The minimum absolute atomic E-state index is 0.0355. The van der Waals surface area contributed by atoms with Crippen LogP contribution in [0.5, 0.6) is 0 Å². The van der Waals surface area contributed by atoms with Gasteiger partial charge in [-0.05, 0) is 31.6 Å². The summed E-state index contributed by atoms with van der Waals surface area (Å²) >= 11 is 0. The molecule has 5 atom stereocenters. The van der Waals surface area contributed by atoms with Gasteiger partial charge in [0.05, 0.1) is 18.8 Å². The molecule has 0 radical (unpaired) electrons. The van der Waals surface area contributed by atoms with Crippen molar-refractivity contribution in [1.29, 1.82) is 0 Å². The van der Waals surface area contributed by atoms with E-state index in [4.69, 9.17) is 19.3 Å². The Morgan fingerprint density at radius 2 is 1.44 bits per heavy atom. The number of esters is 2. The molecular weight excluding hydrogens is 639 g/mol. The van der Waals surface area contributed by atoms with E-state index < -0.39 is 44.7 Å². The Labute approximate surface area is 288 Å². The Bertz CT molecular complexity index is 964. The van der Waals surface area contributed by atoms with Crippen LogP contribution in [0.4, 0.5) is 0 Å². The molecule has 0 aromatic rings. The summed E-state index contributed by atoms with van der Waals surface area (Å²) in [6.07, 6.45) is 17.2. The van der Waals surface area contributed by atoms with Crippen LogP contribution in [0.2, 0.25) is 0 Å². The summed E-state index contributed by atoms with van der Waals surface area (Å²) < 4.78 is 26.2. The highest BCUT2D eigenvalue weighted by Gasteiger charge is 2.39. The minimum atomic E-state index is -4.81. The van der Waals surface area contributed by atoms with Gasteiger partial charge in [-0.1, -0.05) is 116 Å². The fraction of sp³-hybridized carbons (Fsp3) is 0.861. The maximum absolute atomic E-state index is 12.5. The number of ketones is 1. The van der Waals surface area contributed by atoms with Gasteiger partial charge in [-0.2, -0.15) is 0 Å². The van der Waals surface area contributed by atoms with Crippen molar-refractivity contribution in [3.8, 4) is 0 Å². The van der Waals surface area contributed by atoms with Gasteiger partial charge in [-0.3, -0.25) is 18.9 Å². The molecule has 0 aromatic carbocycles. The molecule has 1 saturated carbocycles. The van der Waals surface area contributed by atoms with E-state index in [2.05, 4.69) is 25.3 Å². The van der Waals surface area contributed by atoms with Crippen molar-refractivity contribution in [2.24, 2.45) is 17.8 Å². The molecule has 280 valence electrons. The Kier molecular flexibility index (Phi) is 24.3. The number of unbranched alkanes of at least 4 members (excludes halogenated alkanes) is 11. The van der Waals surface area contributed by atoms with Gasteiger partial charge in [0.2, 0.25) is 0 Å². The number of hydrogen-bond acceptors (Lipinski definition) is 9. The highest BCUT2D eigenvalue weighted by Crippen LogP contribution is 2.36. The molecule has 1 aliphatic carbocycles. The molecular formula is C36H65O11P. The van der Waals surface area contributed by atoms with Gasteiger partial charge in [-0.25, -0.2) is 4.57 Å². The van der Waals surface area contributed by atoms with Gasteiger partial charge in [0, 0.05) is 31.1 Å². The number of phosphoric acid groups is 1. The first-order valence-corrected chi connectivity index (χ1v) is 20.0. The smallest absolute Gasteiger partial charge is 0.462 e. The molecule has 4 N–H and O–H groups in total. The molecule has 1 rings (SSSR count). The number of Topliss-reactive ketones (excluding diaryl/α,β-unsaturated/α-hetero) is 1. The molecule has 0 saturated heterocycles. The van der Waals surface area contributed by atoms with Crippen LogP contribution in [0.15, 0.2) is 12.2 Å². The lowest BCUT2D eigenvalue weighted by atomic mass is 9.88. The summed E-state index contributed by atoms with van der Waals surface area (Å²) in [6, 6.07) is 0. The first kappa shape index (κ1) is 44.4. The second-order valence-corrected chi connectivity index (χ2v) is 15.1. The second kappa shape index (κ2) is 26.2. The third-order valence-electron chi connectivity index (χ3n) is 8.86. The van der Waals surface area contributed by atoms with Gasteiger partial charge >= 0.3 is 19.8 Å². The fourth-order valence-electron chi connectivity index (χ4n) is 6.04. The first-order chi connectivity index (χ1) is 22.8. The van der Waals surface area contributed by atoms with Crippen molar-refractivity contribution in [3.63, 3.8) is 0 Å². The fourth-order valence-corrected chi connectivity index (χ4v) is 6.40. The third kappa shape index (κ3) is 22.9. The Hall–Kier alpha value is -1.62. The van der Waals surface area contributed by atoms with Crippen molar-refractivity contribution in [3.05, 3.63) is 12.2 Å². The molecule has 1 aliphatic rings. The summed E-state index contributed by atoms with van der Waals surface area (Å²) in [7, 11) is -4.81. The zero-order chi connectivity index (χ0) is 35.8. The van der Waals surface area contributed by atoms with Crippen LogP contribution in [-0.4, -0.2) is 69.2 Å². The lowest BCUT2D eigenvalue weighted by molar-refractivity contribution is -0.161. The molecule has 11 nitrogen and oxygen atoms in total. The van der Waals surface area contributed by atoms with Gasteiger partial charge < -0.3 is 29.5 Å². The Balaban J connectivity index is 2.35. The topological polar surface area (TPSA) is 177 Å². The van der Waals surface area contributed by atoms with E-state index in [1.807, 2.05) is 0 Å².